The van der Waals surface area contributed by atoms with Gasteiger partial charge in [-0.05, 0) is 57.7 Å². The molecule has 1 aromatic heterocycles. The summed E-state index contributed by atoms with van der Waals surface area (Å²) in [7, 11) is 1.79. The molecule has 1 atom stereocenters. The van der Waals surface area contributed by atoms with Gasteiger partial charge in [-0.15, -0.1) is 0 Å². The van der Waals surface area contributed by atoms with Crippen molar-refractivity contribution in [2.75, 3.05) is 13.7 Å². The maximum atomic E-state index is 5.50. The highest BCUT2D eigenvalue weighted by molar-refractivity contribution is 5.10. The van der Waals surface area contributed by atoms with Crippen LogP contribution in [-0.2, 0) is 11.2 Å². The van der Waals surface area contributed by atoms with E-state index in [-0.39, 0.29) is 5.60 Å². The largest absolute Gasteiger partial charge is 0.379 e. The summed E-state index contributed by atoms with van der Waals surface area (Å²) >= 11 is 0. The third kappa shape index (κ3) is 6.69. The van der Waals surface area contributed by atoms with Gasteiger partial charge in [0.25, 0.3) is 0 Å². The van der Waals surface area contributed by atoms with Gasteiger partial charge in [-0.1, -0.05) is 13.0 Å². The standard InChI is InChI=1S/C16H28N2O/c1-5-10-18-15(8-9-16(2,3)19-4)12-14-7-6-11-17-13-14/h6-7,11,13,15,18H,5,8-10,12H2,1-4H3. The van der Waals surface area contributed by atoms with Crippen molar-refractivity contribution in [3.05, 3.63) is 30.1 Å². The van der Waals surface area contributed by atoms with E-state index in [2.05, 4.69) is 37.1 Å². The number of nitrogens with zero attached hydrogens (tertiary/aromatic N) is 1. The summed E-state index contributed by atoms with van der Waals surface area (Å²) in [5.41, 5.74) is 1.26. The predicted molar refractivity (Wildman–Crippen MR) is 80.3 cm³/mol. The monoisotopic (exact) mass is 264 g/mol. The first-order chi connectivity index (χ1) is 9.07. The molecule has 3 nitrogen and oxygen atoms in total. The molecule has 0 aliphatic rings. The number of rotatable bonds is 9. The first kappa shape index (κ1) is 16.1. The highest BCUT2D eigenvalue weighted by Gasteiger charge is 2.19. The van der Waals surface area contributed by atoms with Gasteiger partial charge in [0.1, 0.15) is 0 Å². The van der Waals surface area contributed by atoms with Gasteiger partial charge in [0, 0.05) is 25.5 Å². The maximum Gasteiger partial charge on any atom is 0.0623 e. The van der Waals surface area contributed by atoms with Crippen LogP contribution in [0.3, 0.4) is 0 Å². The van der Waals surface area contributed by atoms with E-state index in [1.807, 2.05) is 18.5 Å². The Bertz CT molecular complexity index is 338. The Kier molecular flexibility index (Phi) is 7.03. The van der Waals surface area contributed by atoms with Gasteiger partial charge >= 0.3 is 0 Å². The van der Waals surface area contributed by atoms with Gasteiger partial charge in [-0.25, -0.2) is 0 Å². The molecule has 1 aromatic rings. The van der Waals surface area contributed by atoms with Crippen LogP contribution in [0.5, 0.6) is 0 Å². The highest BCUT2D eigenvalue weighted by Crippen LogP contribution is 2.18. The SMILES string of the molecule is CCCNC(CCC(C)(C)OC)Cc1cccnc1. The fourth-order valence-corrected chi connectivity index (χ4v) is 2.05. The van der Waals surface area contributed by atoms with E-state index in [1.165, 1.54) is 5.56 Å². The topological polar surface area (TPSA) is 34.1 Å². The van der Waals surface area contributed by atoms with Crippen LogP contribution < -0.4 is 5.32 Å². The van der Waals surface area contributed by atoms with E-state index in [0.29, 0.717) is 6.04 Å². The van der Waals surface area contributed by atoms with Crippen LogP contribution in [0, 0.1) is 0 Å². The van der Waals surface area contributed by atoms with Crippen molar-refractivity contribution in [2.45, 2.75) is 58.1 Å². The van der Waals surface area contributed by atoms with Gasteiger partial charge in [0.2, 0.25) is 0 Å². The quantitative estimate of drug-likeness (QED) is 0.743. The van der Waals surface area contributed by atoms with E-state index in [0.717, 1.165) is 32.2 Å². The Labute approximate surface area is 117 Å². The Hall–Kier alpha value is -0.930. The van der Waals surface area contributed by atoms with Crippen molar-refractivity contribution < 1.29 is 4.74 Å². The number of pyridine rings is 1. The molecule has 19 heavy (non-hydrogen) atoms. The van der Waals surface area contributed by atoms with Crippen LogP contribution in [0.1, 0.15) is 45.6 Å². The minimum Gasteiger partial charge on any atom is -0.379 e. The summed E-state index contributed by atoms with van der Waals surface area (Å²) in [4.78, 5) is 4.19. The summed E-state index contributed by atoms with van der Waals surface area (Å²) in [5.74, 6) is 0. The summed E-state index contributed by atoms with van der Waals surface area (Å²) in [5, 5.41) is 3.63. The summed E-state index contributed by atoms with van der Waals surface area (Å²) in [6.45, 7) is 7.56. The van der Waals surface area contributed by atoms with Crippen molar-refractivity contribution in [2.24, 2.45) is 0 Å². The molecule has 1 N–H and O–H groups in total. The molecule has 0 radical (unpaired) electrons. The number of aromatic nitrogens is 1. The Morgan fingerprint density at radius 1 is 1.42 bits per heavy atom. The zero-order valence-electron chi connectivity index (χ0n) is 12.8. The highest BCUT2D eigenvalue weighted by atomic mass is 16.5. The first-order valence-corrected chi connectivity index (χ1v) is 7.25. The number of ether oxygens (including phenoxy) is 1. The van der Waals surface area contributed by atoms with E-state index < -0.39 is 0 Å². The van der Waals surface area contributed by atoms with Crippen LogP contribution in [0.15, 0.2) is 24.5 Å². The van der Waals surface area contributed by atoms with E-state index >= 15 is 0 Å². The maximum absolute atomic E-state index is 5.50. The van der Waals surface area contributed by atoms with Crippen molar-refractivity contribution in [3.63, 3.8) is 0 Å². The van der Waals surface area contributed by atoms with Gasteiger partial charge in [0.05, 0.1) is 5.60 Å². The Balaban J connectivity index is 2.52. The minimum atomic E-state index is -0.0406. The number of hydrogen-bond donors (Lipinski definition) is 1. The average molecular weight is 264 g/mol. The normalized spacial score (nSPS) is 13.5. The zero-order chi connectivity index (χ0) is 14.1. The van der Waals surface area contributed by atoms with Crippen molar-refractivity contribution in [1.29, 1.82) is 0 Å². The number of methoxy groups -OCH3 is 1. The lowest BCUT2D eigenvalue weighted by atomic mass is 9.95. The molecular formula is C16H28N2O. The number of nitrogens with one attached hydrogen (secondary N) is 1. The molecule has 0 spiro atoms. The van der Waals surface area contributed by atoms with Crippen LogP contribution in [0.2, 0.25) is 0 Å². The smallest absolute Gasteiger partial charge is 0.0623 e. The third-order valence-electron chi connectivity index (χ3n) is 3.54. The molecule has 1 rings (SSSR count). The summed E-state index contributed by atoms with van der Waals surface area (Å²) in [6, 6.07) is 4.65. The molecule has 0 aromatic carbocycles. The van der Waals surface area contributed by atoms with Crippen LogP contribution in [0.4, 0.5) is 0 Å². The molecule has 3 heteroatoms. The minimum absolute atomic E-state index is 0.0406. The summed E-state index contributed by atoms with van der Waals surface area (Å²) in [6.07, 6.45) is 8.17. The van der Waals surface area contributed by atoms with Gasteiger partial charge in [-0.3, -0.25) is 4.98 Å². The van der Waals surface area contributed by atoms with E-state index in [9.17, 15) is 0 Å². The fraction of sp³-hybridized carbons (Fsp3) is 0.688. The predicted octanol–water partition coefficient (Wildman–Crippen LogP) is 3.20. The molecule has 0 saturated carbocycles. The van der Waals surface area contributed by atoms with Gasteiger partial charge in [-0.2, -0.15) is 0 Å². The molecule has 0 fully saturated rings. The molecule has 0 bridgehead atoms. The molecule has 1 heterocycles. The first-order valence-electron chi connectivity index (χ1n) is 7.25. The molecule has 108 valence electrons. The summed E-state index contributed by atoms with van der Waals surface area (Å²) < 4.78 is 5.50. The Morgan fingerprint density at radius 3 is 2.79 bits per heavy atom. The van der Waals surface area contributed by atoms with Gasteiger partial charge < -0.3 is 10.1 Å². The zero-order valence-corrected chi connectivity index (χ0v) is 12.8. The molecule has 0 amide bonds. The van der Waals surface area contributed by atoms with Crippen LogP contribution in [-0.4, -0.2) is 30.3 Å². The second-order valence-corrected chi connectivity index (χ2v) is 5.72. The van der Waals surface area contributed by atoms with Crippen molar-refractivity contribution in [1.82, 2.24) is 10.3 Å². The lowest BCUT2D eigenvalue weighted by Gasteiger charge is -2.26. The molecule has 0 aliphatic carbocycles. The van der Waals surface area contributed by atoms with Crippen molar-refractivity contribution >= 4 is 0 Å². The van der Waals surface area contributed by atoms with E-state index in [1.54, 1.807) is 7.11 Å². The Morgan fingerprint density at radius 2 is 2.21 bits per heavy atom. The molecule has 1 unspecified atom stereocenters. The molecular weight excluding hydrogens is 236 g/mol. The lowest BCUT2D eigenvalue weighted by Crippen LogP contribution is -2.34. The second kappa shape index (κ2) is 8.28. The van der Waals surface area contributed by atoms with E-state index in [4.69, 9.17) is 4.74 Å². The lowest BCUT2D eigenvalue weighted by molar-refractivity contribution is 0.0117. The fourth-order valence-electron chi connectivity index (χ4n) is 2.05. The second-order valence-electron chi connectivity index (χ2n) is 5.72. The third-order valence-corrected chi connectivity index (χ3v) is 3.54. The van der Waals surface area contributed by atoms with Gasteiger partial charge in [0.15, 0.2) is 0 Å². The van der Waals surface area contributed by atoms with Crippen LogP contribution in [0.25, 0.3) is 0 Å². The molecule has 0 aliphatic heterocycles. The molecule has 0 saturated heterocycles. The average Bonchev–Trinajstić information content (AvgIpc) is 2.43. The van der Waals surface area contributed by atoms with Crippen molar-refractivity contribution in [3.8, 4) is 0 Å². The number of hydrogen-bond acceptors (Lipinski definition) is 3. The van der Waals surface area contributed by atoms with Crippen LogP contribution >= 0.6 is 0 Å².